The first-order valence-corrected chi connectivity index (χ1v) is 3.28. The van der Waals surface area contributed by atoms with E-state index >= 15 is 0 Å². The van der Waals surface area contributed by atoms with E-state index in [2.05, 4.69) is 32.1 Å². The molecule has 41 valence electrons. The summed E-state index contributed by atoms with van der Waals surface area (Å²) in [6.45, 7) is 0. The van der Waals surface area contributed by atoms with Gasteiger partial charge in [0.05, 0.1) is 18.1 Å². The first kappa shape index (κ1) is 5.69. The Labute approximate surface area is 56.1 Å². The van der Waals surface area contributed by atoms with Crippen LogP contribution in [0.5, 0.6) is 0 Å². The van der Waals surface area contributed by atoms with Crippen LogP contribution >= 0.6 is 15.9 Å². The van der Waals surface area contributed by atoms with Gasteiger partial charge in [-0.05, 0) is 0 Å². The molecular weight excluding hydrogens is 168 g/mol. The van der Waals surface area contributed by atoms with Crippen LogP contribution in [0.25, 0.3) is 0 Å². The molecule has 0 fully saturated rings. The van der Waals surface area contributed by atoms with Crippen LogP contribution in [-0.4, -0.2) is 9.97 Å². The van der Waals surface area contributed by atoms with Crippen molar-refractivity contribution in [1.29, 1.82) is 0 Å². The summed E-state index contributed by atoms with van der Waals surface area (Å²) in [6.07, 6.45) is 5.81. The van der Waals surface area contributed by atoms with Crippen molar-refractivity contribution in [2.24, 2.45) is 0 Å². The number of alkyl halides is 1. The molecule has 1 radical (unpaired) electrons. The second-order valence-electron chi connectivity index (χ2n) is 1.27. The molecular formula is C5H4BrN2. The molecule has 0 aliphatic heterocycles. The highest BCUT2D eigenvalue weighted by Crippen LogP contribution is 1.95. The average Bonchev–Trinajstić information content (AvgIpc) is 1.90. The number of hydrogen-bond acceptors (Lipinski definition) is 2. The molecule has 0 spiro atoms. The molecule has 1 heterocycles. The molecule has 0 atom stereocenters. The van der Waals surface area contributed by atoms with Crippen molar-refractivity contribution in [3.63, 3.8) is 0 Å². The van der Waals surface area contributed by atoms with E-state index in [9.17, 15) is 0 Å². The lowest BCUT2D eigenvalue weighted by Crippen LogP contribution is -1.83. The maximum Gasteiger partial charge on any atom is 0.108 e. The molecule has 0 saturated carbocycles. The summed E-state index contributed by atoms with van der Waals surface area (Å²) in [5.41, 5.74) is 0.934. The molecule has 1 aromatic heterocycles. The molecule has 1 aromatic rings. The molecule has 0 saturated heterocycles. The zero-order chi connectivity index (χ0) is 5.82. The fourth-order valence-electron chi connectivity index (χ4n) is 0.359. The van der Waals surface area contributed by atoms with Crippen LogP contribution in [-0.2, 0) is 5.33 Å². The smallest absolute Gasteiger partial charge is 0.108 e. The van der Waals surface area contributed by atoms with Gasteiger partial charge in [-0.3, -0.25) is 9.97 Å². The maximum absolute atomic E-state index is 3.93. The lowest BCUT2D eigenvalue weighted by Gasteiger charge is -1.86. The van der Waals surface area contributed by atoms with Gasteiger partial charge in [0.25, 0.3) is 0 Å². The number of halogens is 1. The summed E-state index contributed by atoms with van der Waals surface area (Å²) in [6, 6.07) is 0. The number of hydrogen-bond donors (Lipinski definition) is 0. The van der Waals surface area contributed by atoms with Gasteiger partial charge in [0.15, 0.2) is 0 Å². The average molecular weight is 172 g/mol. The molecule has 0 aromatic carbocycles. The molecule has 0 amide bonds. The monoisotopic (exact) mass is 171 g/mol. The van der Waals surface area contributed by atoms with Crippen molar-refractivity contribution in [2.45, 2.75) is 5.33 Å². The third-order valence-electron chi connectivity index (χ3n) is 0.713. The van der Waals surface area contributed by atoms with Crippen molar-refractivity contribution in [3.8, 4) is 0 Å². The zero-order valence-corrected chi connectivity index (χ0v) is 5.72. The second-order valence-corrected chi connectivity index (χ2v) is 1.83. The topological polar surface area (TPSA) is 25.8 Å². The molecule has 0 unspecified atom stereocenters. The summed E-state index contributed by atoms with van der Waals surface area (Å²) in [5, 5.41) is 0.759. The Morgan fingerprint density at radius 3 is 3.00 bits per heavy atom. The Bertz CT molecular complexity index is 152. The summed E-state index contributed by atoms with van der Waals surface area (Å²) in [7, 11) is 0. The van der Waals surface area contributed by atoms with Gasteiger partial charge >= 0.3 is 0 Å². The van der Waals surface area contributed by atoms with Gasteiger partial charge < -0.3 is 0 Å². The van der Waals surface area contributed by atoms with E-state index in [0.29, 0.717) is 0 Å². The predicted octanol–water partition coefficient (Wildman–Crippen LogP) is 1.17. The summed E-state index contributed by atoms with van der Waals surface area (Å²) in [4.78, 5) is 7.67. The fraction of sp³-hybridized carbons (Fsp3) is 0.200. The molecule has 0 N–H and O–H groups in total. The van der Waals surface area contributed by atoms with Gasteiger partial charge in [-0.1, -0.05) is 15.9 Å². The van der Waals surface area contributed by atoms with Crippen LogP contribution in [0.1, 0.15) is 5.69 Å². The van der Waals surface area contributed by atoms with E-state index < -0.39 is 0 Å². The highest BCUT2D eigenvalue weighted by Gasteiger charge is 1.84. The number of nitrogens with zero attached hydrogens (tertiary/aromatic N) is 2. The summed E-state index contributed by atoms with van der Waals surface area (Å²) < 4.78 is 0. The van der Waals surface area contributed by atoms with Gasteiger partial charge in [0.1, 0.15) is 6.20 Å². The fourth-order valence-corrected chi connectivity index (χ4v) is 0.649. The standard InChI is InChI=1S/C5H4BrN2/c6-3-5-4-7-1-2-8-5/h2,4H,3H2. The lowest BCUT2D eigenvalue weighted by molar-refractivity contribution is 1.10. The Kier molecular flexibility index (Phi) is 1.97. The lowest BCUT2D eigenvalue weighted by atomic mass is 10.5. The molecule has 0 bridgehead atoms. The van der Waals surface area contributed by atoms with E-state index in [1.54, 1.807) is 12.4 Å². The molecule has 1 rings (SSSR count). The predicted molar refractivity (Wildman–Crippen MR) is 33.5 cm³/mol. The molecule has 0 aliphatic rings. The zero-order valence-electron chi connectivity index (χ0n) is 4.13. The van der Waals surface area contributed by atoms with Crippen molar-refractivity contribution in [1.82, 2.24) is 9.97 Å². The minimum Gasteiger partial charge on any atom is -0.256 e. The van der Waals surface area contributed by atoms with Crippen LogP contribution in [0.3, 0.4) is 0 Å². The molecule has 3 heteroatoms. The minimum absolute atomic E-state index is 0.759. The minimum atomic E-state index is 0.759. The van der Waals surface area contributed by atoms with Gasteiger partial charge in [-0.15, -0.1) is 0 Å². The van der Waals surface area contributed by atoms with E-state index in [1.807, 2.05) is 0 Å². The van der Waals surface area contributed by atoms with E-state index in [4.69, 9.17) is 0 Å². The Morgan fingerprint density at radius 2 is 2.62 bits per heavy atom. The Hall–Kier alpha value is -0.440. The first-order valence-electron chi connectivity index (χ1n) is 2.16. The quantitative estimate of drug-likeness (QED) is 0.594. The van der Waals surface area contributed by atoms with Crippen molar-refractivity contribution in [3.05, 3.63) is 24.3 Å². The largest absolute Gasteiger partial charge is 0.256 e. The molecule has 0 aliphatic carbocycles. The van der Waals surface area contributed by atoms with Gasteiger partial charge in [0, 0.05) is 5.33 Å². The van der Waals surface area contributed by atoms with E-state index in [1.165, 1.54) is 0 Å². The van der Waals surface area contributed by atoms with Gasteiger partial charge in [-0.2, -0.15) is 0 Å². The summed E-state index contributed by atoms with van der Waals surface area (Å²) in [5.74, 6) is 0. The van der Waals surface area contributed by atoms with Crippen molar-refractivity contribution < 1.29 is 0 Å². The van der Waals surface area contributed by atoms with Crippen LogP contribution in [0.15, 0.2) is 12.4 Å². The van der Waals surface area contributed by atoms with Crippen LogP contribution in [0.2, 0.25) is 0 Å². The third kappa shape index (κ3) is 1.26. The highest BCUT2D eigenvalue weighted by atomic mass is 79.9. The Morgan fingerprint density at radius 1 is 1.75 bits per heavy atom. The van der Waals surface area contributed by atoms with Crippen LogP contribution < -0.4 is 0 Å². The third-order valence-corrected chi connectivity index (χ3v) is 1.29. The first-order chi connectivity index (χ1) is 3.93. The number of aromatic nitrogens is 2. The van der Waals surface area contributed by atoms with Crippen molar-refractivity contribution >= 4 is 15.9 Å². The van der Waals surface area contributed by atoms with Gasteiger partial charge in [-0.25, -0.2) is 0 Å². The van der Waals surface area contributed by atoms with Gasteiger partial charge in [0.2, 0.25) is 0 Å². The highest BCUT2D eigenvalue weighted by molar-refractivity contribution is 9.08. The summed E-state index contributed by atoms with van der Waals surface area (Å²) >= 11 is 3.24. The molecule has 2 nitrogen and oxygen atoms in total. The van der Waals surface area contributed by atoms with Crippen LogP contribution in [0, 0.1) is 6.20 Å². The molecule has 8 heavy (non-hydrogen) atoms. The maximum atomic E-state index is 3.93. The normalized spacial score (nSPS) is 9.12. The number of rotatable bonds is 1. The second kappa shape index (κ2) is 2.77. The van der Waals surface area contributed by atoms with Crippen molar-refractivity contribution in [2.75, 3.05) is 0 Å². The van der Waals surface area contributed by atoms with E-state index in [-0.39, 0.29) is 0 Å². The Balaban J connectivity index is 2.83. The van der Waals surface area contributed by atoms with Crippen LogP contribution in [0.4, 0.5) is 0 Å². The van der Waals surface area contributed by atoms with E-state index in [0.717, 1.165) is 11.0 Å². The SMILES string of the molecule is BrCc1cn[c]cn1.